The Labute approximate surface area is 142 Å². The summed E-state index contributed by atoms with van der Waals surface area (Å²) in [4.78, 5) is 23.8. The number of nitrogens with one attached hydrogen (secondary N) is 1. The van der Waals surface area contributed by atoms with E-state index in [1.807, 2.05) is 36.4 Å². The maximum absolute atomic E-state index is 12.4. The van der Waals surface area contributed by atoms with Gasteiger partial charge in [0, 0.05) is 9.49 Å². The molecule has 2 aromatic rings. The number of primary amides is 1. The summed E-state index contributed by atoms with van der Waals surface area (Å²) < 4.78 is 0.901. The molecule has 2 atom stereocenters. The van der Waals surface area contributed by atoms with E-state index >= 15 is 0 Å². The molecule has 0 radical (unpaired) electrons. The predicted octanol–water partition coefficient (Wildman–Crippen LogP) is 3.13. The number of anilines is 1. The van der Waals surface area contributed by atoms with Crippen LogP contribution in [0, 0.1) is 9.49 Å². The van der Waals surface area contributed by atoms with Crippen molar-refractivity contribution in [2.45, 2.75) is 12.3 Å². The zero-order valence-electron chi connectivity index (χ0n) is 11.8. The smallest absolute Gasteiger partial charge is 0.250 e. The maximum atomic E-state index is 12.4. The first-order valence-corrected chi connectivity index (χ1v) is 8.09. The van der Waals surface area contributed by atoms with Gasteiger partial charge in [-0.15, -0.1) is 0 Å². The molecule has 1 fully saturated rings. The van der Waals surface area contributed by atoms with Crippen LogP contribution in [0.3, 0.4) is 0 Å². The number of nitrogens with two attached hydrogens (primary N) is 1. The highest BCUT2D eigenvalue weighted by Crippen LogP contribution is 2.47. The Kier molecular flexibility index (Phi) is 4.15. The Balaban J connectivity index is 1.73. The predicted molar refractivity (Wildman–Crippen MR) is 93.6 cm³/mol. The van der Waals surface area contributed by atoms with E-state index in [1.54, 1.807) is 12.1 Å². The van der Waals surface area contributed by atoms with Crippen LogP contribution in [-0.4, -0.2) is 11.8 Å². The number of halogens is 1. The Hall–Kier alpha value is -1.89. The monoisotopic (exact) mass is 406 g/mol. The van der Waals surface area contributed by atoms with Crippen LogP contribution < -0.4 is 11.1 Å². The van der Waals surface area contributed by atoms with Crippen molar-refractivity contribution >= 4 is 40.1 Å². The Bertz CT molecular complexity index is 731. The van der Waals surface area contributed by atoms with Crippen LogP contribution in [0.1, 0.15) is 28.3 Å². The molecule has 2 aromatic carbocycles. The zero-order chi connectivity index (χ0) is 15.7. The first kappa shape index (κ1) is 15.0. The van der Waals surface area contributed by atoms with Crippen LogP contribution in [0.2, 0.25) is 0 Å². The van der Waals surface area contributed by atoms with E-state index in [2.05, 4.69) is 27.9 Å². The van der Waals surface area contributed by atoms with Crippen molar-refractivity contribution in [3.63, 3.8) is 0 Å². The largest absolute Gasteiger partial charge is 0.366 e. The molecule has 0 aromatic heterocycles. The topological polar surface area (TPSA) is 72.2 Å². The molecule has 0 unspecified atom stereocenters. The van der Waals surface area contributed by atoms with Crippen LogP contribution in [0.4, 0.5) is 5.69 Å². The van der Waals surface area contributed by atoms with Crippen molar-refractivity contribution in [2.24, 2.45) is 11.7 Å². The normalized spacial score (nSPS) is 19.5. The quantitative estimate of drug-likeness (QED) is 0.766. The van der Waals surface area contributed by atoms with Gasteiger partial charge in [-0.25, -0.2) is 0 Å². The summed E-state index contributed by atoms with van der Waals surface area (Å²) >= 11 is 2.11. The van der Waals surface area contributed by atoms with Gasteiger partial charge in [-0.3, -0.25) is 9.59 Å². The summed E-state index contributed by atoms with van der Waals surface area (Å²) in [5, 5.41) is 2.84. The summed E-state index contributed by atoms with van der Waals surface area (Å²) in [6, 6.07) is 15.2. The van der Waals surface area contributed by atoms with E-state index in [4.69, 9.17) is 5.73 Å². The van der Waals surface area contributed by atoms with E-state index in [-0.39, 0.29) is 17.7 Å². The highest BCUT2D eigenvalue weighted by atomic mass is 127. The van der Waals surface area contributed by atoms with E-state index in [0.29, 0.717) is 11.3 Å². The van der Waals surface area contributed by atoms with Crippen LogP contribution in [0.25, 0.3) is 0 Å². The van der Waals surface area contributed by atoms with Gasteiger partial charge in [-0.2, -0.15) is 0 Å². The third-order valence-corrected chi connectivity index (χ3v) is 4.53. The molecule has 0 heterocycles. The summed E-state index contributed by atoms with van der Waals surface area (Å²) in [5.74, 6) is -0.369. The molecule has 0 aliphatic heterocycles. The maximum Gasteiger partial charge on any atom is 0.250 e. The van der Waals surface area contributed by atoms with E-state index in [9.17, 15) is 9.59 Å². The highest BCUT2D eigenvalue weighted by Gasteiger charge is 2.43. The zero-order valence-corrected chi connectivity index (χ0v) is 13.9. The average molecular weight is 406 g/mol. The van der Waals surface area contributed by atoms with Crippen LogP contribution >= 0.6 is 22.6 Å². The Morgan fingerprint density at radius 2 is 1.86 bits per heavy atom. The van der Waals surface area contributed by atoms with Crippen LogP contribution in [0.15, 0.2) is 48.5 Å². The van der Waals surface area contributed by atoms with Gasteiger partial charge in [-0.05, 0) is 58.7 Å². The van der Waals surface area contributed by atoms with Gasteiger partial charge < -0.3 is 11.1 Å². The first-order chi connectivity index (χ1) is 10.6. The number of benzene rings is 2. The molecular weight excluding hydrogens is 391 g/mol. The van der Waals surface area contributed by atoms with E-state index in [1.165, 1.54) is 5.56 Å². The minimum atomic E-state index is -0.538. The number of rotatable bonds is 4. The summed E-state index contributed by atoms with van der Waals surface area (Å²) in [6.07, 6.45) is 0.839. The van der Waals surface area contributed by atoms with Crippen molar-refractivity contribution in [1.82, 2.24) is 0 Å². The average Bonchev–Trinajstić information content (AvgIpc) is 3.30. The van der Waals surface area contributed by atoms with Crippen molar-refractivity contribution in [1.29, 1.82) is 0 Å². The molecule has 5 heteroatoms. The molecule has 112 valence electrons. The minimum absolute atomic E-state index is 0.0394. The van der Waals surface area contributed by atoms with Crippen LogP contribution in [0.5, 0.6) is 0 Å². The second kappa shape index (κ2) is 6.08. The van der Waals surface area contributed by atoms with Gasteiger partial charge in [0.05, 0.1) is 11.3 Å². The van der Waals surface area contributed by atoms with E-state index in [0.717, 1.165) is 9.99 Å². The first-order valence-electron chi connectivity index (χ1n) is 7.01. The lowest BCUT2D eigenvalue weighted by Crippen LogP contribution is -2.19. The summed E-state index contributed by atoms with van der Waals surface area (Å²) in [5.41, 5.74) is 7.38. The second-order valence-electron chi connectivity index (χ2n) is 5.40. The molecule has 3 N–H and O–H groups in total. The molecule has 22 heavy (non-hydrogen) atoms. The minimum Gasteiger partial charge on any atom is -0.366 e. The number of hydrogen-bond donors (Lipinski definition) is 2. The Morgan fingerprint density at radius 1 is 1.14 bits per heavy atom. The van der Waals surface area contributed by atoms with Crippen molar-refractivity contribution in [3.8, 4) is 0 Å². The molecule has 1 aliphatic rings. The summed E-state index contributed by atoms with van der Waals surface area (Å²) in [7, 11) is 0. The van der Waals surface area contributed by atoms with Gasteiger partial charge in [0.2, 0.25) is 5.91 Å². The molecular formula is C17H15IN2O2. The number of carbonyl (C=O) groups excluding carboxylic acids is 2. The lowest BCUT2D eigenvalue weighted by atomic mass is 10.1. The third-order valence-electron chi connectivity index (χ3n) is 3.86. The molecule has 0 spiro atoms. The molecule has 1 aliphatic carbocycles. The van der Waals surface area contributed by atoms with Gasteiger partial charge in [0.15, 0.2) is 0 Å². The highest BCUT2D eigenvalue weighted by molar-refractivity contribution is 14.1. The fourth-order valence-electron chi connectivity index (χ4n) is 2.61. The fourth-order valence-corrected chi connectivity index (χ4v) is 3.10. The van der Waals surface area contributed by atoms with Crippen LogP contribution in [-0.2, 0) is 4.79 Å². The summed E-state index contributed by atoms with van der Waals surface area (Å²) in [6.45, 7) is 0. The third kappa shape index (κ3) is 3.14. The fraction of sp³-hybridized carbons (Fsp3) is 0.176. The second-order valence-corrected chi connectivity index (χ2v) is 6.65. The Morgan fingerprint density at radius 3 is 2.55 bits per heavy atom. The molecule has 0 saturated heterocycles. The SMILES string of the molecule is NC(=O)c1cc(I)ccc1NC(=O)[C@@H]1C[C@H]1c1ccccc1. The lowest BCUT2D eigenvalue weighted by molar-refractivity contribution is -0.117. The number of carbonyl (C=O) groups is 2. The molecule has 4 nitrogen and oxygen atoms in total. The molecule has 1 saturated carbocycles. The van der Waals surface area contributed by atoms with Gasteiger partial charge in [0.25, 0.3) is 5.91 Å². The van der Waals surface area contributed by atoms with Gasteiger partial charge in [-0.1, -0.05) is 30.3 Å². The number of hydrogen-bond acceptors (Lipinski definition) is 2. The molecule has 0 bridgehead atoms. The standard InChI is InChI=1S/C17H15IN2O2/c18-11-6-7-15(14(8-11)16(19)21)20-17(22)13-9-12(13)10-4-2-1-3-5-10/h1-8,12-13H,9H2,(H2,19,21)(H,20,22)/t12-,13+/m0/s1. The number of amides is 2. The van der Waals surface area contributed by atoms with Crippen molar-refractivity contribution < 1.29 is 9.59 Å². The van der Waals surface area contributed by atoms with Gasteiger partial charge in [0.1, 0.15) is 0 Å². The molecule has 2 amide bonds. The lowest BCUT2D eigenvalue weighted by Gasteiger charge is -2.09. The van der Waals surface area contributed by atoms with Crippen molar-refractivity contribution in [3.05, 3.63) is 63.2 Å². The molecule has 3 rings (SSSR count). The van der Waals surface area contributed by atoms with Gasteiger partial charge >= 0.3 is 0 Å². The van der Waals surface area contributed by atoms with Crippen molar-refractivity contribution in [2.75, 3.05) is 5.32 Å². The van der Waals surface area contributed by atoms with E-state index < -0.39 is 5.91 Å².